The summed E-state index contributed by atoms with van der Waals surface area (Å²) in [5.74, 6) is 0.229. The fourth-order valence-electron chi connectivity index (χ4n) is 2.47. The Morgan fingerprint density at radius 3 is 2.44 bits per heavy atom. The topological polar surface area (TPSA) is 20.3 Å². The smallest absolute Gasteiger partial charge is 0.177 e. The van der Waals surface area contributed by atoms with Crippen LogP contribution in [-0.4, -0.2) is 17.2 Å². The number of rotatable bonds is 2. The van der Waals surface area contributed by atoms with Gasteiger partial charge in [0.2, 0.25) is 0 Å². The van der Waals surface area contributed by atoms with Gasteiger partial charge in [-0.2, -0.15) is 0 Å². The fourth-order valence-corrected chi connectivity index (χ4v) is 2.47. The van der Waals surface area contributed by atoms with Crippen molar-refractivity contribution >= 4 is 5.78 Å². The highest BCUT2D eigenvalue weighted by Gasteiger charge is 2.22. The Hall–Kier alpha value is -1.93. The molecule has 0 amide bonds. The summed E-state index contributed by atoms with van der Waals surface area (Å²) >= 11 is 0. The van der Waals surface area contributed by atoms with E-state index in [2.05, 4.69) is 17.0 Å². The molecule has 2 heteroatoms. The summed E-state index contributed by atoms with van der Waals surface area (Å²) in [7, 11) is 0. The van der Waals surface area contributed by atoms with Crippen LogP contribution in [0.2, 0.25) is 0 Å². The highest BCUT2D eigenvalue weighted by molar-refractivity contribution is 5.99. The standard InChI is InChI=1S/C16H15NO/c18-16-12-17(10-13-6-2-1-3-7-13)11-14-8-4-5-9-15(14)16/h1-9H,10-12H2. The SMILES string of the molecule is O=C1CN(Cc2ccccc2)Cc2ccccc21. The number of Topliss-reactive ketones (excluding diaryl/α,β-unsaturated/α-hetero) is 1. The molecule has 0 fully saturated rings. The Morgan fingerprint density at radius 2 is 1.61 bits per heavy atom. The van der Waals surface area contributed by atoms with E-state index in [-0.39, 0.29) is 5.78 Å². The van der Waals surface area contributed by atoms with Crippen molar-refractivity contribution in [2.24, 2.45) is 0 Å². The molecule has 0 atom stereocenters. The van der Waals surface area contributed by atoms with Crippen LogP contribution in [0.1, 0.15) is 21.5 Å². The van der Waals surface area contributed by atoms with Crippen LogP contribution in [0.3, 0.4) is 0 Å². The van der Waals surface area contributed by atoms with Gasteiger partial charge in [-0.05, 0) is 11.1 Å². The Labute approximate surface area is 107 Å². The second-order valence-electron chi connectivity index (χ2n) is 4.71. The minimum Gasteiger partial charge on any atom is -0.293 e. The average Bonchev–Trinajstić information content (AvgIpc) is 2.40. The summed E-state index contributed by atoms with van der Waals surface area (Å²) in [4.78, 5) is 14.2. The maximum absolute atomic E-state index is 12.0. The van der Waals surface area contributed by atoms with E-state index >= 15 is 0 Å². The third-order valence-corrected chi connectivity index (χ3v) is 3.33. The molecule has 0 spiro atoms. The monoisotopic (exact) mass is 237 g/mol. The first-order chi connectivity index (χ1) is 8.83. The molecule has 2 nitrogen and oxygen atoms in total. The second kappa shape index (κ2) is 4.75. The number of hydrogen-bond acceptors (Lipinski definition) is 2. The Bertz CT molecular complexity index is 562. The summed E-state index contributed by atoms with van der Waals surface area (Å²) in [5.41, 5.74) is 3.29. The molecule has 0 bridgehead atoms. The van der Waals surface area contributed by atoms with Gasteiger partial charge in [-0.1, -0.05) is 54.6 Å². The molecule has 3 rings (SSSR count). The van der Waals surface area contributed by atoms with E-state index in [0.29, 0.717) is 6.54 Å². The first-order valence-electron chi connectivity index (χ1n) is 6.20. The van der Waals surface area contributed by atoms with Crippen molar-refractivity contribution in [1.82, 2.24) is 4.90 Å². The van der Waals surface area contributed by atoms with Gasteiger partial charge in [0.1, 0.15) is 0 Å². The molecule has 0 aromatic heterocycles. The number of benzene rings is 2. The van der Waals surface area contributed by atoms with Crippen molar-refractivity contribution in [3.8, 4) is 0 Å². The van der Waals surface area contributed by atoms with Gasteiger partial charge in [-0.15, -0.1) is 0 Å². The molecule has 2 aromatic carbocycles. The molecule has 1 aliphatic rings. The van der Waals surface area contributed by atoms with Crippen LogP contribution in [0, 0.1) is 0 Å². The summed E-state index contributed by atoms with van der Waals surface area (Å²) in [5, 5.41) is 0. The molecule has 2 aromatic rings. The first-order valence-corrected chi connectivity index (χ1v) is 6.20. The summed E-state index contributed by atoms with van der Waals surface area (Å²) in [6.45, 7) is 2.21. The van der Waals surface area contributed by atoms with E-state index in [1.165, 1.54) is 5.56 Å². The van der Waals surface area contributed by atoms with Gasteiger partial charge in [-0.3, -0.25) is 9.69 Å². The number of carbonyl (C=O) groups excluding carboxylic acids is 1. The summed E-state index contributed by atoms with van der Waals surface area (Å²) < 4.78 is 0. The van der Waals surface area contributed by atoms with Crippen LogP contribution >= 0.6 is 0 Å². The zero-order valence-corrected chi connectivity index (χ0v) is 10.2. The number of ketones is 1. The van der Waals surface area contributed by atoms with Crippen molar-refractivity contribution < 1.29 is 4.79 Å². The van der Waals surface area contributed by atoms with Gasteiger partial charge >= 0.3 is 0 Å². The normalized spacial score (nSPS) is 15.4. The lowest BCUT2D eigenvalue weighted by Gasteiger charge is -2.27. The van der Waals surface area contributed by atoms with Crippen LogP contribution in [0.15, 0.2) is 54.6 Å². The van der Waals surface area contributed by atoms with E-state index in [1.54, 1.807) is 0 Å². The van der Waals surface area contributed by atoms with Gasteiger partial charge < -0.3 is 0 Å². The molecule has 1 heterocycles. The molecule has 90 valence electrons. The summed E-state index contributed by atoms with van der Waals surface area (Å²) in [6, 6.07) is 18.2. The lowest BCUT2D eigenvalue weighted by molar-refractivity contribution is 0.0894. The van der Waals surface area contributed by atoms with E-state index < -0.39 is 0 Å². The number of nitrogens with zero attached hydrogens (tertiary/aromatic N) is 1. The maximum atomic E-state index is 12.0. The zero-order chi connectivity index (χ0) is 12.4. The first kappa shape index (κ1) is 11.2. The molecule has 0 N–H and O–H groups in total. The molecule has 0 unspecified atom stereocenters. The molecule has 1 aliphatic heterocycles. The third-order valence-electron chi connectivity index (χ3n) is 3.33. The highest BCUT2D eigenvalue weighted by Crippen LogP contribution is 2.20. The maximum Gasteiger partial charge on any atom is 0.177 e. The lowest BCUT2D eigenvalue weighted by Crippen LogP contribution is -2.34. The lowest BCUT2D eigenvalue weighted by atomic mass is 9.98. The molecular formula is C16H15NO. The van der Waals surface area contributed by atoms with E-state index in [4.69, 9.17) is 0 Å². The molecule has 18 heavy (non-hydrogen) atoms. The second-order valence-corrected chi connectivity index (χ2v) is 4.71. The fraction of sp³-hybridized carbons (Fsp3) is 0.188. The van der Waals surface area contributed by atoms with E-state index in [0.717, 1.165) is 24.2 Å². The molecular weight excluding hydrogens is 222 g/mol. The van der Waals surface area contributed by atoms with Crippen LogP contribution in [0.25, 0.3) is 0 Å². The van der Waals surface area contributed by atoms with Crippen LogP contribution in [-0.2, 0) is 13.1 Å². The van der Waals surface area contributed by atoms with Crippen molar-refractivity contribution in [1.29, 1.82) is 0 Å². The van der Waals surface area contributed by atoms with Gasteiger partial charge in [0.15, 0.2) is 5.78 Å². The van der Waals surface area contributed by atoms with Crippen LogP contribution in [0.4, 0.5) is 0 Å². The number of fused-ring (bicyclic) bond motifs is 1. The van der Waals surface area contributed by atoms with E-state index in [1.807, 2.05) is 42.5 Å². The van der Waals surface area contributed by atoms with E-state index in [9.17, 15) is 4.79 Å². The number of hydrogen-bond donors (Lipinski definition) is 0. The Kier molecular flexibility index (Phi) is 2.95. The molecule has 0 saturated carbocycles. The third kappa shape index (κ3) is 2.20. The predicted octanol–water partition coefficient (Wildman–Crippen LogP) is 2.89. The largest absolute Gasteiger partial charge is 0.293 e. The molecule has 0 saturated heterocycles. The van der Waals surface area contributed by atoms with Crippen molar-refractivity contribution in [3.63, 3.8) is 0 Å². The quantitative estimate of drug-likeness (QED) is 0.800. The summed E-state index contributed by atoms with van der Waals surface area (Å²) in [6.07, 6.45) is 0. The minimum absolute atomic E-state index is 0.229. The van der Waals surface area contributed by atoms with Crippen molar-refractivity contribution in [3.05, 3.63) is 71.3 Å². The molecule has 0 radical (unpaired) electrons. The van der Waals surface area contributed by atoms with Crippen molar-refractivity contribution in [2.45, 2.75) is 13.1 Å². The van der Waals surface area contributed by atoms with Gasteiger partial charge in [0.05, 0.1) is 6.54 Å². The van der Waals surface area contributed by atoms with Crippen molar-refractivity contribution in [2.75, 3.05) is 6.54 Å². The Morgan fingerprint density at radius 1 is 0.889 bits per heavy atom. The molecule has 0 aliphatic carbocycles. The minimum atomic E-state index is 0.229. The predicted molar refractivity (Wildman–Crippen MR) is 71.3 cm³/mol. The van der Waals surface area contributed by atoms with Crippen LogP contribution < -0.4 is 0 Å². The van der Waals surface area contributed by atoms with Gasteiger partial charge in [0, 0.05) is 18.7 Å². The highest BCUT2D eigenvalue weighted by atomic mass is 16.1. The van der Waals surface area contributed by atoms with Gasteiger partial charge in [0.25, 0.3) is 0 Å². The Balaban J connectivity index is 1.80. The van der Waals surface area contributed by atoms with Crippen LogP contribution in [0.5, 0.6) is 0 Å². The average molecular weight is 237 g/mol. The van der Waals surface area contributed by atoms with Gasteiger partial charge in [-0.25, -0.2) is 0 Å². The zero-order valence-electron chi connectivity index (χ0n) is 10.2. The number of carbonyl (C=O) groups is 1.